The molecule has 7 aromatic carbocycles. The highest BCUT2D eigenvalue weighted by Gasteiger charge is 2.18. The summed E-state index contributed by atoms with van der Waals surface area (Å²) in [7, 11) is 0. The van der Waals surface area contributed by atoms with Crippen molar-refractivity contribution in [2.75, 3.05) is 0 Å². The zero-order valence-electron chi connectivity index (χ0n) is 27.0. The predicted molar refractivity (Wildman–Crippen MR) is 206 cm³/mol. The van der Waals surface area contributed by atoms with Crippen LogP contribution in [0.2, 0.25) is 0 Å². The van der Waals surface area contributed by atoms with E-state index in [0.717, 1.165) is 44.6 Å². The Morgan fingerprint density at radius 1 is 0.440 bits per heavy atom. The SMILES string of the molecule is N#Cc1cc(-c2ccc(-n3c4ccccc4c4c(-c5ccc6c(c5)c5ccccc5n6-c5ccccc5)cccc43)cc2)nc2ccccc12. The Morgan fingerprint density at radius 3 is 1.84 bits per heavy atom. The van der Waals surface area contributed by atoms with Crippen LogP contribution in [0.4, 0.5) is 0 Å². The van der Waals surface area contributed by atoms with Crippen LogP contribution in [0.1, 0.15) is 5.56 Å². The van der Waals surface area contributed by atoms with Gasteiger partial charge in [0.25, 0.3) is 0 Å². The van der Waals surface area contributed by atoms with E-state index in [4.69, 9.17) is 4.98 Å². The summed E-state index contributed by atoms with van der Waals surface area (Å²) < 4.78 is 4.71. The van der Waals surface area contributed by atoms with Crippen molar-refractivity contribution in [3.8, 4) is 39.8 Å². The molecule has 0 fully saturated rings. The third-order valence-corrected chi connectivity index (χ3v) is 9.95. The van der Waals surface area contributed by atoms with Crippen molar-refractivity contribution in [2.24, 2.45) is 0 Å². The fourth-order valence-corrected chi connectivity index (χ4v) is 7.73. The van der Waals surface area contributed by atoms with Crippen LogP contribution in [0.5, 0.6) is 0 Å². The molecule has 10 rings (SSSR count). The maximum Gasteiger partial charge on any atom is 0.0999 e. The van der Waals surface area contributed by atoms with E-state index in [1.54, 1.807) is 0 Å². The van der Waals surface area contributed by atoms with Crippen LogP contribution in [-0.2, 0) is 0 Å². The molecule has 10 aromatic rings. The molecule has 232 valence electrons. The van der Waals surface area contributed by atoms with Crippen molar-refractivity contribution >= 4 is 54.5 Å². The highest BCUT2D eigenvalue weighted by molar-refractivity contribution is 6.17. The molecule has 0 spiro atoms. The highest BCUT2D eigenvalue weighted by atomic mass is 15.0. The molecule has 0 radical (unpaired) electrons. The fourth-order valence-electron chi connectivity index (χ4n) is 7.73. The van der Waals surface area contributed by atoms with Crippen LogP contribution in [0.25, 0.3) is 88.3 Å². The molecular weight excluding hydrogens is 609 g/mol. The summed E-state index contributed by atoms with van der Waals surface area (Å²) in [5.74, 6) is 0. The Kier molecular flexibility index (Phi) is 6.21. The smallest absolute Gasteiger partial charge is 0.0999 e. The lowest BCUT2D eigenvalue weighted by Crippen LogP contribution is -1.95. The van der Waals surface area contributed by atoms with Gasteiger partial charge in [-0.25, -0.2) is 4.98 Å². The molecule has 0 aliphatic rings. The van der Waals surface area contributed by atoms with Crippen molar-refractivity contribution in [3.05, 3.63) is 175 Å². The third-order valence-electron chi connectivity index (χ3n) is 9.95. The first kappa shape index (κ1) is 28.1. The predicted octanol–water partition coefficient (Wildman–Crippen LogP) is 11.6. The minimum Gasteiger partial charge on any atom is -0.309 e. The van der Waals surface area contributed by atoms with Crippen LogP contribution in [-0.4, -0.2) is 14.1 Å². The topological polar surface area (TPSA) is 46.5 Å². The van der Waals surface area contributed by atoms with Crippen LogP contribution < -0.4 is 0 Å². The van der Waals surface area contributed by atoms with Crippen LogP contribution in [0, 0.1) is 11.3 Å². The zero-order valence-corrected chi connectivity index (χ0v) is 27.0. The Morgan fingerprint density at radius 2 is 1.04 bits per heavy atom. The second-order valence-electron chi connectivity index (χ2n) is 12.7. The molecule has 0 aliphatic carbocycles. The minimum absolute atomic E-state index is 0.632. The zero-order chi connectivity index (χ0) is 33.2. The number of hydrogen-bond acceptors (Lipinski definition) is 2. The number of nitrogens with zero attached hydrogens (tertiary/aromatic N) is 4. The number of aromatic nitrogens is 3. The van der Waals surface area contributed by atoms with Crippen molar-refractivity contribution < 1.29 is 0 Å². The fraction of sp³-hybridized carbons (Fsp3) is 0. The van der Waals surface area contributed by atoms with E-state index < -0.39 is 0 Å². The third kappa shape index (κ3) is 4.21. The lowest BCUT2D eigenvalue weighted by molar-refractivity contribution is 1.18. The van der Waals surface area contributed by atoms with Crippen molar-refractivity contribution in [2.45, 2.75) is 0 Å². The Hall–Kier alpha value is -6.96. The van der Waals surface area contributed by atoms with E-state index in [0.29, 0.717) is 5.56 Å². The molecule has 0 amide bonds. The molecule has 0 atom stereocenters. The molecule has 0 aliphatic heterocycles. The molecule has 3 aromatic heterocycles. The average molecular weight is 637 g/mol. The monoisotopic (exact) mass is 636 g/mol. The van der Waals surface area contributed by atoms with E-state index in [2.05, 4.69) is 155 Å². The van der Waals surface area contributed by atoms with Gasteiger partial charge in [0.1, 0.15) is 0 Å². The summed E-state index contributed by atoms with van der Waals surface area (Å²) in [5, 5.41) is 15.6. The van der Waals surface area contributed by atoms with E-state index in [9.17, 15) is 5.26 Å². The van der Waals surface area contributed by atoms with E-state index in [-0.39, 0.29) is 0 Å². The molecule has 4 heteroatoms. The largest absolute Gasteiger partial charge is 0.309 e. The standard InChI is InChI=1S/C46H28N4/c47-29-32-28-41(48-40-17-7-4-13-35(32)40)30-21-24-34(25-22-30)50-43-19-9-6-15-38(43)46-36(16-10-20-45(46)50)31-23-26-44-39(27-31)37-14-5-8-18-42(37)49(44)33-11-2-1-3-12-33/h1-28H. The quantitative estimate of drug-likeness (QED) is 0.193. The normalized spacial score (nSPS) is 11.6. The van der Waals surface area contributed by atoms with Gasteiger partial charge in [0.15, 0.2) is 0 Å². The number of benzene rings is 7. The maximum absolute atomic E-state index is 9.85. The average Bonchev–Trinajstić information content (AvgIpc) is 3.70. The molecule has 0 saturated heterocycles. The molecule has 3 heterocycles. The molecular formula is C46H28N4. The van der Waals surface area contributed by atoms with Gasteiger partial charge >= 0.3 is 0 Å². The number of pyridine rings is 1. The first-order valence-corrected chi connectivity index (χ1v) is 16.8. The first-order valence-electron chi connectivity index (χ1n) is 16.8. The summed E-state index contributed by atoms with van der Waals surface area (Å²) in [6.45, 7) is 0. The second-order valence-corrected chi connectivity index (χ2v) is 12.7. The summed E-state index contributed by atoms with van der Waals surface area (Å²) in [4.78, 5) is 4.89. The summed E-state index contributed by atoms with van der Waals surface area (Å²) in [6, 6.07) is 62.1. The minimum atomic E-state index is 0.632. The second kappa shape index (κ2) is 11.1. The van der Waals surface area contributed by atoms with Gasteiger partial charge in [0.05, 0.1) is 44.9 Å². The van der Waals surface area contributed by atoms with Gasteiger partial charge in [-0.1, -0.05) is 103 Å². The van der Waals surface area contributed by atoms with Crippen LogP contribution in [0.3, 0.4) is 0 Å². The molecule has 0 bridgehead atoms. The van der Waals surface area contributed by atoms with Gasteiger partial charge in [-0.3, -0.25) is 0 Å². The van der Waals surface area contributed by atoms with E-state index in [1.165, 1.54) is 43.7 Å². The number of rotatable bonds is 4. The molecule has 0 N–H and O–H groups in total. The Labute approximate surface area is 288 Å². The maximum atomic E-state index is 9.85. The summed E-state index contributed by atoms with van der Waals surface area (Å²) in [5.41, 5.74) is 12.5. The van der Waals surface area contributed by atoms with Gasteiger partial charge in [-0.2, -0.15) is 5.26 Å². The van der Waals surface area contributed by atoms with E-state index >= 15 is 0 Å². The van der Waals surface area contributed by atoms with E-state index in [1.807, 2.05) is 30.3 Å². The van der Waals surface area contributed by atoms with Crippen molar-refractivity contribution in [1.82, 2.24) is 14.1 Å². The molecule has 0 unspecified atom stereocenters. The van der Waals surface area contributed by atoms with Gasteiger partial charge in [0.2, 0.25) is 0 Å². The highest BCUT2D eigenvalue weighted by Crippen LogP contribution is 2.41. The Balaban J connectivity index is 1.14. The lowest BCUT2D eigenvalue weighted by Gasteiger charge is -2.11. The van der Waals surface area contributed by atoms with Crippen molar-refractivity contribution in [3.63, 3.8) is 0 Å². The van der Waals surface area contributed by atoms with Gasteiger partial charge in [0, 0.05) is 43.9 Å². The van der Waals surface area contributed by atoms with Crippen LogP contribution >= 0.6 is 0 Å². The van der Waals surface area contributed by atoms with Gasteiger partial charge in [-0.05, 0) is 77.9 Å². The number of nitriles is 1. The molecule has 4 nitrogen and oxygen atoms in total. The number of fused-ring (bicyclic) bond motifs is 7. The summed E-state index contributed by atoms with van der Waals surface area (Å²) in [6.07, 6.45) is 0. The first-order chi connectivity index (χ1) is 24.8. The lowest BCUT2D eigenvalue weighted by atomic mass is 9.98. The van der Waals surface area contributed by atoms with Gasteiger partial charge < -0.3 is 9.13 Å². The molecule has 50 heavy (non-hydrogen) atoms. The molecule has 0 saturated carbocycles. The number of para-hydroxylation sites is 4. The van der Waals surface area contributed by atoms with Crippen LogP contribution in [0.15, 0.2) is 170 Å². The van der Waals surface area contributed by atoms with Crippen molar-refractivity contribution in [1.29, 1.82) is 5.26 Å². The summed E-state index contributed by atoms with van der Waals surface area (Å²) >= 11 is 0. The Bertz CT molecular complexity index is 2980. The number of hydrogen-bond donors (Lipinski definition) is 0. The van der Waals surface area contributed by atoms with Gasteiger partial charge in [-0.15, -0.1) is 0 Å².